The Kier molecular flexibility index (Phi) is 5.34. The van der Waals surface area contributed by atoms with Gasteiger partial charge < -0.3 is 0 Å². The molecule has 0 fully saturated rings. The lowest BCUT2D eigenvalue weighted by Crippen LogP contribution is -2.68. The van der Waals surface area contributed by atoms with Crippen LogP contribution in [0.4, 0.5) is 61.5 Å². The Morgan fingerprint density at radius 3 is 0.870 bits per heavy atom. The zero-order chi connectivity index (χ0) is 19.3. The van der Waals surface area contributed by atoms with E-state index in [0.717, 1.165) is 0 Å². The summed E-state index contributed by atoms with van der Waals surface area (Å²) < 4.78 is 178. The van der Waals surface area contributed by atoms with Gasteiger partial charge in [-0.05, 0) is 0 Å². The van der Waals surface area contributed by atoms with Gasteiger partial charge in [-0.1, -0.05) is 4.57 Å². The molecule has 0 heterocycles. The summed E-state index contributed by atoms with van der Waals surface area (Å²) >= 11 is 0. The highest BCUT2D eigenvalue weighted by Gasteiger charge is 2.87. The highest BCUT2D eigenvalue weighted by Crippen LogP contribution is 2.57. The van der Waals surface area contributed by atoms with Crippen LogP contribution in [0.1, 0.15) is 0 Å². The molecular formula is C6HF14NOP+. The zero-order valence-corrected chi connectivity index (χ0v) is 10.6. The third-order valence-electron chi connectivity index (χ3n) is 2.12. The number of hydrogen-bond acceptors (Lipinski definition) is 1. The van der Waals surface area contributed by atoms with Gasteiger partial charge in [0, 0.05) is 0 Å². The molecule has 0 aliphatic carbocycles. The molecule has 17 heteroatoms. The van der Waals surface area contributed by atoms with Crippen molar-refractivity contribution in [1.29, 1.82) is 0 Å². The molecule has 1 atom stereocenters. The van der Waals surface area contributed by atoms with E-state index in [1.807, 2.05) is 0 Å². The van der Waals surface area contributed by atoms with Gasteiger partial charge in [-0.25, -0.2) is 0 Å². The van der Waals surface area contributed by atoms with Crippen LogP contribution in [0.15, 0.2) is 0 Å². The van der Waals surface area contributed by atoms with Crippen molar-refractivity contribution in [2.75, 3.05) is 0 Å². The molecule has 0 bridgehead atoms. The van der Waals surface area contributed by atoms with Crippen LogP contribution in [-0.4, -0.2) is 41.0 Å². The van der Waals surface area contributed by atoms with Crippen molar-refractivity contribution in [3.8, 4) is 0 Å². The Labute approximate surface area is 117 Å². The molecule has 0 aromatic carbocycles. The molecule has 0 N–H and O–H groups in total. The second-order valence-corrected chi connectivity index (χ2v) is 4.28. The Bertz CT molecular complexity index is 413. The average Bonchev–Trinajstić information content (AvgIpc) is 2.25. The minimum atomic E-state index is -7.53. The standard InChI is InChI=1S/C6F14NOP/c7-1(8,3(11,12)13)5(17,18)21(23-22)6(19,20)2(9,10)4(14,15)16/p+1. The van der Waals surface area contributed by atoms with Gasteiger partial charge in [0.2, 0.25) is 0 Å². The van der Waals surface area contributed by atoms with Crippen molar-refractivity contribution in [3.05, 3.63) is 0 Å². The molecular weight excluding hydrogens is 399 g/mol. The van der Waals surface area contributed by atoms with E-state index in [4.69, 9.17) is 0 Å². The lowest BCUT2D eigenvalue weighted by Gasteiger charge is -2.35. The third-order valence-corrected chi connectivity index (χ3v) is 2.86. The van der Waals surface area contributed by atoms with Crippen molar-refractivity contribution in [2.45, 2.75) is 36.3 Å². The van der Waals surface area contributed by atoms with E-state index in [0.29, 0.717) is 0 Å². The second-order valence-electron chi connectivity index (χ2n) is 3.65. The molecule has 0 amide bonds. The van der Waals surface area contributed by atoms with Crippen LogP contribution in [0.2, 0.25) is 0 Å². The predicted octanol–water partition coefficient (Wildman–Crippen LogP) is 4.81. The van der Waals surface area contributed by atoms with Gasteiger partial charge in [-0.2, -0.15) is 61.5 Å². The minimum absolute atomic E-state index is 3.37. The lowest BCUT2D eigenvalue weighted by molar-refractivity contribution is -0.437. The Morgan fingerprint density at radius 2 is 0.739 bits per heavy atom. The number of alkyl halides is 14. The molecule has 0 aliphatic rings. The topological polar surface area (TPSA) is 20.3 Å². The number of hydrogen-bond donors (Lipinski definition) is 0. The largest absolute Gasteiger partial charge is 0.461 e. The van der Waals surface area contributed by atoms with Gasteiger partial charge in [0.05, 0.1) is 4.67 Å². The van der Waals surface area contributed by atoms with Gasteiger partial charge in [0.25, 0.3) is 0 Å². The molecule has 0 saturated carbocycles. The van der Waals surface area contributed by atoms with Crippen LogP contribution in [0, 0.1) is 0 Å². The van der Waals surface area contributed by atoms with E-state index < -0.39 is 49.6 Å². The zero-order valence-electron chi connectivity index (χ0n) is 9.65. The predicted molar refractivity (Wildman–Crippen MR) is 42.7 cm³/mol. The molecule has 0 saturated heterocycles. The highest BCUT2D eigenvalue weighted by atomic mass is 31.1. The Balaban J connectivity index is 6.28. The van der Waals surface area contributed by atoms with Gasteiger partial charge in [0.1, 0.15) is 0 Å². The maximum atomic E-state index is 12.9. The maximum absolute atomic E-state index is 12.9. The average molecular weight is 400 g/mol. The van der Waals surface area contributed by atoms with Crippen molar-refractivity contribution >= 4 is 8.61 Å². The number of rotatable bonds is 5. The molecule has 2 nitrogen and oxygen atoms in total. The van der Waals surface area contributed by atoms with E-state index in [-0.39, 0.29) is 0 Å². The van der Waals surface area contributed by atoms with Crippen LogP contribution in [-0.2, 0) is 4.57 Å². The minimum Gasteiger partial charge on any atom is -0.187 e. The maximum Gasteiger partial charge on any atom is 0.461 e. The molecule has 0 radical (unpaired) electrons. The Morgan fingerprint density at radius 1 is 0.522 bits per heavy atom. The monoisotopic (exact) mass is 400 g/mol. The van der Waals surface area contributed by atoms with E-state index >= 15 is 0 Å². The van der Waals surface area contributed by atoms with Crippen LogP contribution in [0.25, 0.3) is 0 Å². The summed E-state index contributed by atoms with van der Waals surface area (Å²) in [5.41, 5.74) is 0. The molecule has 23 heavy (non-hydrogen) atoms. The van der Waals surface area contributed by atoms with E-state index in [9.17, 15) is 66.0 Å². The van der Waals surface area contributed by atoms with Gasteiger partial charge in [0.15, 0.2) is 0 Å². The number of nitrogens with zero attached hydrogens (tertiary/aromatic N) is 1. The normalized spacial score (nSPS) is 16.3. The first-order valence-electron chi connectivity index (χ1n) is 4.52. The van der Waals surface area contributed by atoms with E-state index in [1.54, 1.807) is 0 Å². The van der Waals surface area contributed by atoms with E-state index in [1.165, 1.54) is 0 Å². The molecule has 138 valence electrons. The van der Waals surface area contributed by atoms with Crippen molar-refractivity contribution < 1.29 is 66.0 Å². The van der Waals surface area contributed by atoms with Crippen molar-refractivity contribution in [1.82, 2.24) is 4.67 Å². The number of halogens is 14. The summed E-state index contributed by atoms with van der Waals surface area (Å²) in [7, 11) is -3.92. The summed E-state index contributed by atoms with van der Waals surface area (Å²) in [5.74, 6) is -15.1. The third kappa shape index (κ3) is 3.19. The van der Waals surface area contributed by atoms with Crippen LogP contribution < -0.4 is 0 Å². The molecule has 1 unspecified atom stereocenters. The van der Waals surface area contributed by atoms with Crippen LogP contribution in [0.3, 0.4) is 0 Å². The van der Waals surface area contributed by atoms with Gasteiger partial charge >= 0.3 is 44.9 Å². The molecule has 0 aromatic heterocycles. The van der Waals surface area contributed by atoms with Crippen LogP contribution >= 0.6 is 8.61 Å². The summed E-state index contributed by atoms with van der Waals surface area (Å²) in [5, 5.41) is 0. The molecule has 0 rings (SSSR count). The smallest absolute Gasteiger partial charge is 0.187 e. The van der Waals surface area contributed by atoms with E-state index in [2.05, 4.69) is 0 Å². The Hall–Kier alpha value is -0.920. The summed E-state index contributed by atoms with van der Waals surface area (Å²) in [4.78, 5) is 0. The SMILES string of the molecule is O=[PH+]N(C(F)(F)C(F)(F)C(F)(F)F)C(F)(F)C(F)(F)C(F)(F)F. The molecule has 0 aromatic rings. The van der Waals surface area contributed by atoms with Crippen LogP contribution in [0.5, 0.6) is 0 Å². The first kappa shape index (κ1) is 22.1. The summed E-state index contributed by atoms with van der Waals surface area (Å²) in [6.45, 7) is 0. The van der Waals surface area contributed by atoms with Crippen molar-refractivity contribution in [3.63, 3.8) is 0 Å². The second kappa shape index (κ2) is 5.57. The van der Waals surface area contributed by atoms with Crippen molar-refractivity contribution in [2.24, 2.45) is 0 Å². The van der Waals surface area contributed by atoms with Gasteiger partial charge in [-0.15, -0.1) is 0 Å². The first-order valence-corrected chi connectivity index (χ1v) is 5.38. The lowest BCUT2D eigenvalue weighted by atomic mass is 10.2. The fraction of sp³-hybridized carbons (Fsp3) is 1.00. The fourth-order valence-electron chi connectivity index (χ4n) is 0.913. The summed E-state index contributed by atoms with van der Waals surface area (Å²) in [6.07, 6.45) is -14.7. The molecule has 0 spiro atoms. The van der Waals surface area contributed by atoms with Gasteiger partial charge in [-0.3, -0.25) is 0 Å². The fourth-order valence-corrected chi connectivity index (χ4v) is 1.42. The quantitative estimate of drug-likeness (QED) is 0.375. The highest BCUT2D eigenvalue weighted by molar-refractivity contribution is 7.20. The summed E-state index contributed by atoms with van der Waals surface area (Å²) in [6, 6.07) is -14.8. The first-order chi connectivity index (χ1) is 9.69. The molecule has 0 aliphatic heterocycles.